The largest absolute Gasteiger partial charge is 0.355 e. The second-order valence-corrected chi connectivity index (χ2v) is 4.66. The van der Waals surface area contributed by atoms with Crippen molar-refractivity contribution in [2.24, 2.45) is 0 Å². The fourth-order valence-electron chi connectivity index (χ4n) is 1.27. The van der Waals surface area contributed by atoms with Crippen molar-refractivity contribution < 1.29 is 4.79 Å². The number of carbonyl (C=O) groups excluding carboxylic acids is 1. The number of thiazole rings is 1. The van der Waals surface area contributed by atoms with Gasteiger partial charge in [-0.1, -0.05) is 0 Å². The number of nitrogens with one attached hydrogen (secondary N) is 2. The van der Waals surface area contributed by atoms with Crippen molar-refractivity contribution in [2.75, 3.05) is 13.1 Å². The molecule has 82 valence electrons. The summed E-state index contributed by atoms with van der Waals surface area (Å²) in [5, 5.41) is 9.07. The number of hydrogen-bond acceptors (Lipinski definition) is 4. The Bertz CT molecular complexity index is 308. The smallest absolute Gasteiger partial charge is 0.233 e. The fourth-order valence-corrected chi connectivity index (χ4v) is 1.89. The Hall–Kier alpha value is -0.940. The summed E-state index contributed by atoms with van der Waals surface area (Å²) in [5.74, 6) is 0.0819. The van der Waals surface area contributed by atoms with E-state index in [0.717, 1.165) is 11.4 Å². The molecule has 0 atom stereocenters. The van der Waals surface area contributed by atoms with Crippen LogP contribution in [0.5, 0.6) is 0 Å². The van der Waals surface area contributed by atoms with Gasteiger partial charge in [-0.15, -0.1) is 11.3 Å². The molecule has 1 saturated carbocycles. The Morgan fingerprint density at radius 2 is 2.47 bits per heavy atom. The van der Waals surface area contributed by atoms with Gasteiger partial charge in [0, 0.05) is 30.6 Å². The van der Waals surface area contributed by atoms with E-state index in [1.807, 2.05) is 5.38 Å². The lowest BCUT2D eigenvalue weighted by molar-refractivity contribution is -0.120. The molecular formula is C10H15N3OS. The molecule has 0 aliphatic heterocycles. The first-order chi connectivity index (χ1) is 7.34. The minimum atomic E-state index is 0.0819. The van der Waals surface area contributed by atoms with Gasteiger partial charge in [0.2, 0.25) is 5.91 Å². The van der Waals surface area contributed by atoms with Gasteiger partial charge in [0.25, 0.3) is 0 Å². The molecule has 2 rings (SSSR count). The number of hydrogen-bond donors (Lipinski definition) is 2. The molecule has 4 nitrogen and oxygen atoms in total. The van der Waals surface area contributed by atoms with Crippen LogP contribution in [0.3, 0.4) is 0 Å². The van der Waals surface area contributed by atoms with Crippen LogP contribution in [-0.2, 0) is 11.2 Å². The summed E-state index contributed by atoms with van der Waals surface area (Å²) in [4.78, 5) is 15.5. The predicted molar refractivity (Wildman–Crippen MR) is 59.9 cm³/mol. The van der Waals surface area contributed by atoms with E-state index in [1.165, 1.54) is 12.8 Å². The lowest BCUT2D eigenvalue weighted by Gasteiger charge is -2.04. The van der Waals surface area contributed by atoms with Crippen LogP contribution >= 0.6 is 11.3 Å². The number of rotatable bonds is 6. The van der Waals surface area contributed by atoms with Gasteiger partial charge in [-0.3, -0.25) is 4.79 Å². The molecule has 15 heavy (non-hydrogen) atoms. The van der Waals surface area contributed by atoms with E-state index in [4.69, 9.17) is 0 Å². The molecule has 2 N–H and O–H groups in total. The van der Waals surface area contributed by atoms with Gasteiger partial charge < -0.3 is 10.6 Å². The molecule has 0 bridgehead atoms. The number of nitrogens with zero attached hydrogens (tertiary/aromatic N) is 1. The third-order valence-corrected chi connectivity index (χ3v) is 3.11. The van der Waals surface area contributed by atoms with Crippen LogP contribution in [0.25, 0.3) is 0 Å². The maximum absolute atomic E-state index is 11.3. The highest BCUT2D eigenvalue weighted by molar-refractivity contribution is 7.09. The van der Waals surface area contributed by atoms with Crippen molar-refractivity contribution in [3.05, 3.63) is 16.6 Å². The molecule has 1 amide bonds. The highest BCUT2D eigenvalue weighted by Crippen LogP contribution is 2.17. The predicted octanol–water partition coefficient (Wildman–Crippen LogP) is 0.554. The highest BCUT2D eigenvalue weighted by Gasteiger charge is 2.20. The maximum atomic E-state index is 11.3. The summed E-state index contributed by atoms with van der Waals surface area (Å²) in [5.41, 5.74) is 0. The van der Waals surface area contributed by atoms with Gasteiger partial charge in [0.05, 0.1) is 11.6 Å². The zero-order valence-corrected chi connectivity index (χ0v) is 9.35. The third kappa shape index (κ3) is 3.97. The van der Waals surface area contributed by atoms with Crippen molar-refractivity contribution in [1.29, 1.82) is 0 Å². The molecule has 1 heterocycles. The topological polar surface area (TPSA) is 54.0 Å². The first-order valence-electron chi connectivity index (χ1n) is 5.23. The summed E-state index contributed by atoms with van der Waals surface area (Å²) in [6, 6.07) is 0.592. The fraction of sp³-hybridized carbons (Fsp3) is 0.600. The Morgan fingerprint density at radius 1 is 1.60 bits per heavy atom. The Labute approximate surface area is 93.1 Å². The lowest BCUT2D eigenvalue weighted by Crippen LogP contribution is -2.35. The van der Waals surface area contributed by atoms with Gasteiger partial charge in [-0.05, 0) is 12.8 Å². The van der Waals surface area contributed by atoms with Crippen molar-refractivity contribution in [3.8, 4) is 0 Å². The number of carbonyl (C=O) groups is 1. The van der Waals surface area contributed by atoms with Crippen LogP contribution < -0.4 is 10.6 Å². The van der Waals surface area contributed by atoms with Gasteiger partial charge in [-0.25, -0.2) is 4.98 Å². The minimum Gasteiger partial charge on any atom is -0.355 e. The standard InChI is InChI=1S/C10H15N3OS/c14-9(7-13-8-1-2-8)11-4-3-10-12-5-6-15-10/h5-6,8,13H,1-4,7H2,(H,11,14). The summed E-state index contributed by atoms with van der Waals surface area (Å²) >= 11 is 1.62. The van der Waals surface area contributed by atoms with Gasteiger partial charge >= 0.3 is 0 Å². The molecule has 0 aromatic carbocycles. The molecule has 1 aliphatic carbocycles. The zero-order chi connectivity index (χ0) is 10.5. The van der Waals surface area contributed by atoms with Crippen LogP contribution in [0.1, 0.15) is 17.8 Å². The quantitative estimate of drug-likeness (QED) is 0.743. The monoisotopic (exact) mass is 225 g/mol. The molecule has 5 heteroatoms. The Balaban J connectivity index is 1.54. The van der Waals surface area contributed by atoms with E-state index in [9.17, 15) is 4.79 Å². The van der Waals surface area contributed by atoms with Gasteiger partial charge in [-0.2, -0.15) is 0 Å². The number of aromatic nitrogens is 1. The lowest BCUT2D eigenvalue weighted by atomic mass is 10.4. The highest BCUT2D eigenvalue weighted by atomic mass is 32.1. The normalized spacial score (nSPS) is 15.2. The first kappa shape index (κ1) is 10.6. The molecule has 0 spiro atoms. The Morgan fingerprint density at radius 3 is 3.13 bits per heavy atom. The molecule has 1 aromatic rings. The van der Waals surface area contributed by atoms with E-state index >= 15 is 0 Å². The van der Waals surface area contributed by atoms with Crippen molar-refractivity contribution >= 4 is 17.2 Å². The summed E-state index contributed by atoms with van der Waals surface area (Å²) in [6.07, 6.45) is 5.04. The third-order valence-electron chi connectivity index (χ3n) is 2.27. The van der Waals surface area contributed by atoms with Crippen LogP contribution in [0.4, 0.5) is 0 Å². The molecule has 1 fully saturated rings. The van der Waals surface area contributed by atoms with E-state index in [1.54, 1.807) is 17.5 Å². The SMILES string of the molecule is O=C(CNC1CC1)NCCc1nccs1. The molecule has 0 unspecified atom stereocenters. The summed E-state index contributed by atoms with van der Waals surface area (Å²) in [7, 11) is 0. The minimum absolute atomic E-state index is 0.0819. The van der Waals surface area contributed by atoms with Crippen LogP contribution in [-0.4, -0.2) is 30.0 Å². The number of amides is 1. The maximum Gasteiger partial charge on any atom is 0.233 e. The first-order valence-corrected chi connectivity index (χ1v) is 6.11. The van der Waals surface area contributed by atoms with E-state index in [2.05, 4.69) is 15.6 Å². The summed E-state index contributed by atoms with van der Waals surface area (Å²) in [6.45, 7) is 1.13. The average Bonchev–Trinajstić information content (AvgIpc) is 2.92. The van der Waals surface area contributed by atoms with Crippen LogP contribution in [0.2, 0.25) is 0 Å². The summed E-state index contributed by atoms with van der Waals surface area (Å²) < 4.78 is 0. The van der Waals surface area contributed by atoms with Gasteiger partial charge in [0.1, 0.15) is 0 Å². The van der Waals surface area contributed by atoms with E-state index in [0.29, 0.717) is 19.1 Å². The zero-order valence-electron chi connectivity index (χ0n) is 8.53. The van der Waals surface area contributed by atoms with Crippen molar-refractivity contribution in [1.82, 2.24) is 15.6 Å². The van der Waals surface area contributed by atoms with Gasteiger partial charge in [0.15, 0.2) is 0 Å². The molecule has 0 saturated heterocycles. The van der Waals surface area contributed by atoms with E-state index in [-0.39, 0.29) is 5.91 Å². The second-order valence-electron chi connectivity index (χ2n) is 3.68. The van der Waals surface area contributed by atoms with E-state index < -0.39 is 0 Å². The van der Waals surface area contributed by atoms with Crippen molar-refractivity contribution in [2.45, 2.75) is 25.3 Å². The molecule has 1 aromatic heterocycles. The van der Waals surface area contributed by atoms with Crippen molar-refractivity contribution in [3.63, 3.8) is 0 Å². The average molecular weight is 225 g/mol. The Kier molecular flexibility index (Phi) is 3.69. The van der Waals surface area contributed by atoms with Crippen LogP contribution in [0.15, 0.2) is 11.6 Å². The molecular weight excluding hydrogens is 210 g/mol. The molecule has 0 radical (unpaired) electrons. The molecule has 1 aliphatic rings. The second kappa shape index (κ2) is 5.23. The van der Waals surface area contributed by atoms with Crippen LogP contribution in [0, 0.1) is 0 Å².